The Labute approximate surface area is 120 Å². The molecule has 0 bridgehead atoms. The van der Waals surface area contributed by atoms with Crippen molar-refractivity contribution < 1.29 is 14.6 Å². The second kappa shape index (κ2) is 11.0. The van der Waals surface area contributed by atoms with Crippen molar-refractivity contribution in [3.63, 3.8) is 0 Å². The largest absolute Gasteiger partial charge is 0.461 e. The Balaban J connectivity index is 0.000000388. The summed E-state index contributed by atoms with van der Waals surface area (Å²) in [6, 6.07) is 11.2. The fourth-order valence-electron chi connectivity index (χ4n) is 1.19. The quantitative estimate of drug-likeness (QED) is 0.797. The van der Waals surface area contributed by atoms with Crippen molar-refractivity contribution in [2.75, 3.05) is 13.1 Å². The van der Waals surface area contributed by atoms with Gasteiger partial charge >= 0.3 is 5.97 Å². The van der Waals surface area contributed by atoms with E-state index in [2.05, 4.69) is 5.32 Å². The van der Waals surface area contributed by atoms with Crippen molar-refractivity contribution in [3.05, 3.63) is 35.9 Å². The molecule has 0 aliphatic rings. The molecule has 0 heterocycles. The van der Waals surface area contributed by atoms with Crippen molar-refractivity contribution >= 4 is 5.97 Å². The van der Waals surface area contributed by atoms with E-state index in [0.29, 0.717) is 5.56 Å². The third-order valence-corrected chi connectivity index (χ3v) is 2.11. The first-order chi connectivity index (χ1) is 9.51. The molecule has 1 rings (SSSR count). The van der Waals surface area contributed by atoms with Gasteiger partial charge in [-0.3, -0.25) is 0 Å². The minimum absolute atomic E-state index is 0.172. The van der Waals surface area contributed by atoms with Crippen LogP contribution in [0.15, 0.2) is 30.3 Å². The zero-order valence-electron chi connectivity index (χ0n) is 12.2. The Hall–Kier alpha value is -1.90. The summed E-state index contributed by atoms with van der Waals surface area (Å²) in [5.74, 6) is -0.564. The first-order valence-electron chi connectivity index (χ1n) is 6.55. The van der Waals surface area contributed by atoms with Crippen LogP contribution >= 0.6 is 0 Å². The summed E-state index contributed by atoms with van der Waals surface area (Å²) in [6.45, 7) is 6.38. The maximum Gasteiger partial charge on any atom is 0.336 e. The molecule has 5 nitrogen and oxygen atoms in total. The van der Waals surface area contributed by atoms with E-state index in [1.165, 1.54) is 0 Å². The van der Waals surface area contributed by atoms with Gasteiger partial charge in [0, 0.05) is 6.54 Å². The molecule has 0 aliphatic heterocycles. The molecule has 1 aromatic rings. The average Bonchev–Trinajstić information content (AvgIpc) is 2.45. The Morgan fingerprint density at radius 3 is 2.40 bits per heavy atom. The lowest BCUT2D eigenvalue weighted by atomic mass is 10.2. The number of rotatable bonds is 5. The van der Waals surface area contributed by atoms with Gasteiger partial charge in [0.05, 0.1) is 17.7 Å². The molecule has 5 heteroatoms. The van der Waals surface area contributed by atoms with Crippen molar-refractivity contribution in [3.8, 4) is 6.07 Å². The summed E-state index contributed by atoms with van der Waals surface area (Å²) in [6.07, 6.45) is -1.22. The summed E-state index contributed by atoms with van der Waals surface area (Å²) in [7, 11) is 0. The molecule has 0 amide bonds. The molecule has 1 aromatic carbocycles. The van der Waals surface area contributed by atoms with Crippen LogP contribution in [0.2, 0.25) is 0 Å². The smallest absolute Gasteiger partial charge is 0.336 e. The van der Waals surface area contributed by atoms with E-state index < -0.39 is 12.1 Å². The van der Waals surface area contributed by atoms with Crippen LogP contribution in [0.4, 0.5) is 0 Å². The van der Waals surface area contributed by atoms with Crippen LogP contribution in [0.1, 0.15) is 26.3 Å². The Kier molecular flexibility index (Phi) is 9.93. The molecule has 20 heavy (non-hydrogen) atoms. The molecule has 0 aliphatic carbocycles. The molecule has 0 spiro atoms. The van der Waals surface area contributed by atoms with E-state index in [1.807, 2.05) is 31.2 Å². The Morgan fingerprint density at radius 2 is 2.00 bits per heavy atom. The average molecular weight is 278 g/mol. The van der Waals surface area contributed by atoms with Crippen molar-refractivity contribution in [2.24, 2.45) is 0 Å². The summed E-state index contributed by atoms with van der Waals surface area (Å²) in [4.78, 5) is 10.9. The van der Waals surface area contributed by atoms with E-state index in [9.17, 15) is 4.79 Å². The third-order valence-electron chi connectivity index (χ3n) is 2.11. The summed E-state index contributed by atoms with van der Waals surface area (Å²) < 4.78 is 4.78. The van der Waals surface area contributed by atoms with E-state index in [4.69, 9.17) is 15.1 Å². The zero-order valence-corrected chi connectivity index (χ0v) is 12.2. The normalized spacial score (nSPS) is 11.0. The first-order valence-corrected chi connectivity index (χ1v) is 6.55. The number of aliphatic hydroxyl groups is 1. The SMILES string of the molecule is CCNCC(O)C(=O)OC(C)C.N#Cc1ccccc1. The molecule has 0 radical (unpaired) electrons. The van der Waals surface area contributed by atoms with Gasteiger partial charge in [0.2, 0.25) is 0 Å². The van der Waals surface area contributed by atoms with Crippen molar-refractivity contribution in [1.82, 2.24) is 5.32 Å². The number of likely N-dealkylation sites (N-methyl/N-ethyl adjacent to an activating group) is 1. The van der Waals surface area contributed by atoms with Crippen LogP contribution in [0.25, 0.3) is 0 Å². The lowest BCUT2D eigenvalue weighted by molar-refractivity contribution is -0.157. The molecule has 0 saturated carbocycles. The molecule has 0 fully saturated rings. The number of aliphatic hydroxyl groups excluding tert-OH is 1. The molecule has 2 N–H and O–H groups in total. The van der Waals surface area contributed by atoms with Gasteiger partial charge in [0.1, 0.15) is 0 Å². The van der Waals surface area contributed by atoms with Gasteiger partial charge in [-0.15, -0.1) is 0 Å². The van der Waals surface area contributed by atoms with E-state index in [1.54, 1.807) is 26.0 Å². The van der Waals surface area contributed by atoms with E-state index >= 15 is 0 Å². The van der Waals surface area contributed by atoms with E-state index in [0.717, 1.165) is 6.54 Å². The maximum absolute atomic E-state index is 10.9. The van der Waals surface area contributed by atoms with Gasteiger partial charge in [-0.05, 0) is 32.5 Å². The van der Waals surface area contributed by atoms with Gasteiger partial charge in [-0.1, -0.05) is 25.1 Å². The molecule has 1 atom stereocenters. The molecule has 110 valence electrons. The highest BCUT2D eigenvalue weighted by molar-refractivity contribution is 5.74. The highest BCUT2D eigenvalue weighted by Crippen LogP contribution is 1.93. The first kappa shape index (κ1) is 18.1. The van der Waals surface area contributed by atoms with Crippen LogP contribution in [0, 0.1) is 11.3 Å². The van der Waals surface area contributed by atoms with Crippen molar-refractivity contribution in [1.29, 1.82) is 5.26 Å². The fraction of sp³-hybridized carbons (Fsp3) is 0.467. The second-order valence-electron chi connectivity index (χ2n) is 4.29. The van der Waals surface area contributed by atoms with Gasteiger partial charge in [-0.2, -0.15) is 5.26 Å². The van der Waals surface area contributed by atoms with Crippen molar-refractivity contribution in [2.45, 2.75) is 33.0 Å². The highest BCUT2D eigenvalue weighted by atomic mass is 16.6. The predicted molar refractivity (Wildman–Crippen MR) is 76.9 cm³/mol. The number of nitrogens with one attached hydrogen (secondary N) is 1. The number of esters is 1. The molecular weight excluding hydrogens is 256 g/mol. The van der Waals surface area contributed by atoms with Crippen LogP contribution in [0.5, 0.6) is 0 Å². The fourth-order valence-corrected chi connectivity index (χ4v) is 1.19. The number of carbonyl (C=O) groups excluding carboxylic acids is 1. The monoisotopic (exact) mass is 278 g/mol. The van der Waals surface area contributed by atoms with Gasteiger partial charge in [-0.25, -0.2) is 4.79 Å². The number of benzene rings is 1. The van der Waals surface area contributed by atoms with Gasteiger partial charge in [0.25, 0.3) is 0 Å². The molecule has 0 aromatic heterocycles. The number of hydrogen-bond acceptors (Lipinski definition) is 5. The van der Waals surface area contributed by atoms with Crippen LogP contribution < -0.4 is 5.32 Å². The van der Waals surface area contributed by atoms with E-state index in [-0.39, 0.29) is 12.6 Å². The van der Waals surface area contributed by atoms with Gasteiger partial charge < -0.3 is 15.2 Å². The lowest BCUT2D eigenvalue weighted by Crippen LogP contribution is -2.35. The third kappa shape index (κ3) is 9.09. The maximum atomic E-state index is 10.9. The summed E-state index contributed by atoms with van der Waals surface area (Å²) in [5, 5.41) is 20.3. The van der Waals surface area contributed by atoms with Crippen LogP contribution in [-0.4, -0.2) is 36.4 Å². The number of carbonyl (C=O) groups is 1. The summed E-state index contributed by atoms with van der Waals surface area (Å²) in [5.41, 5.74) is 0.715. The van der Waals surface area contributed by atoms with Crippen LogP contribution in [0.3, 0.4) is 0 Å². The topological polar surface area (TPSA) is 82.3 Å². The predicted octanol–water partition coefficient (Wildman–Crippen LogP) is 1.47. The minimum Gasteiger partial charge on any atom is -0.461 e. The Morgan fingerprint density at radius 1 is 1.40 bits per heavy atom. The summed E-state index contributed by atoms with van der Waals surface area (Å²) >= 11 is 0. The lowest BCUT2D eigenvalue weighted by Gasteiger charge is -2.12. The standard InChI is InChI=1S/C8H17NO3.C7H5N/c1-4-9-5-7(10)8(11)12-6(2)3;8-6-7-4-2-1-3-5-7/h6-7,9-10H,4-5H2,1-3H3;1-5H. The van der Waals surface area contributed by atoms with Crippen LogP contribution in [-0.2, 0) is 9.53 Å². The Bertz CT molecular complexity index is 413. The van der Waals surface area contributed by atoms with Gasteiger partial charge in [0.15, 0.2) is 6.10 Å². The number of ether oxygens (including phenoxy) is 1. The number of nitriles is 1. The number of hydrogen-bond donors (Lipinski definition) is 2. The highest BCUT2D eigenvalue weighted by Gasteiger charge is 2.16. The molecule has 0 saturated heterocycles. The number of nitrogens with zero attached hydrogens (tertiary/aromatic N) is 1. The second-order valence-corrected chi connectivity index (χ2v) is 4.29. The zero-order chi connectivity index (χ0) is 15.4. The molecular formula is C15H22N2O3. The minimum atomic E-state index is -1.05. The molecule has 1 unspecified atom stereocenters.